The fourth-order valence-corrected chi connectivity index (χ4v) is 2.44. The van der Waals surface area contributed by atoms with Gasteiger partial charge in [-0.05, 0) is 32.0 Å². The minimum Gasteiger partial charge on any atom is -0.459 e. The lowest BCUT2D eigenvalue weighted by atomic mass is 10.1. The number of carbonyl (C=O) groups excluding carboxylic acids is 1. The summed E-state index contributed by atoms with van der Waals surface area (Å²) in [5.74, 6) is -0.297. The second kappa shape index (κ2) is 6.68. The van der Waals surface area contributed by atoms with Gasteiger partial charge in [-0.1, -0.05) is 30.3 Å². The van der Waals surface area contributed by atoms with E-state index in [9.17, 15) is 4.79 Å². The molecule has 0 unspecified atom stereocenters. The first-order chi connectivity index (χ1) is 9.20. The molecule has 1 heterocycles. The predicted molar refractivity (Wildman–Crippen MR) is 72.8 cm³/mol. The van der Waals surface area contributed by atoms with Crippen LogP contribution in [-0.4, -0.2) is 44.2 Å². The van der Waals surface area contributed by atoms with Crippen LogP contribution in [0, 0.1) is 0 Å². The second-order valence-electron chi connectivity index (χ2n) is 4.99. The molecule has 0 aliphatic carbocycles. The Morgan fingerprint density at radius 2 is 2.11 bits per heavy atom. The zero-order valence-electron chi connectivity index (χ0n) is 11.5. The Morgan fingerprint density at radius 3 is 2.74 bits per heavy atom. The van der Waals surface area contributed by atoms with Gasteiger partial charge in [-0.15, -0.1) is 0 Å². The van der Waals surface area contributed by atoms with Gasteiger partial charge in [-0.2, -0.15) is 0 Å². The van der Waals surface area contributed by atoms with E-state index >= 15 is 0 Å². The number of rotatable bonds is 4. The fraction of sp³-hybridized carbons (Fsp3) is 0.533. The maximum Gasteiger partial charge on any atom is 0.340 e. The highest BCUT2D eigenvalue weighted by Crippen LogP contribution is 2.20. The maximum atomic E-state index is 12.2. The topological polar surface area (TPSA) is 38.8 Å². The number of hydrogen-bond donors (Lipinski definition) is 0. The molecule has 2 atom stereocenters. The number of carbonyl (C=O) groups is 1. The molecular formula is C15H21NO3. The van der Waals surface area contributed by atoms with Crippen LogP contribution in [0.5, 0.6) is 0 Å². The van der Waals surface area contributed by atoms with Crippen LogP contribution in [0.25, 0.3) is 0 Å². The fourth-order valence-electron chi connectivity index (χ4n) is 2.44. The summed E-state index contributed by atoms with van der Waals surface area (Å²) >= 11 is 0. The highest BCUT2D eigenvalue weighted by molar-refractivity contribution is 5.76. The van der Waals surface area contributed by atoms with Gasteiger partial charge in [0.25, 0.3) is 0 Å². The van der Waals surface area contributed by atoms with Gasteiger partial charge in [-0.3, -0.25) is 0 Å². The molecule has 1 fully saturated rings. The van der Waals surface area contributed by atoms with Crippen LogP contribution < -0.4 is 0 Å². The monoisotopic (exact) mass is 263 g/mol. The van der Waals surface area contributed by atoms with Crippen LogP contribution in [0.15, 0.2) is 30.3 Å². The van der Waals surface area contributed by atoms with Gasteiger partial charge < -0.3 is 14.4 Å². The van der Waals surface area contributed by atoms with Crippen LogP contribution in [0.1, 0.15) is 24.5 Å². The molecule has 0 saturated carbocycles. The van der Waals surface area contributed by atoms with E-state index < -0.39 is 6.10 Å². The molecular weight excluding hydrogens is 242 g/mol. The standard InChI is InChI=1S/C15H21NO3/c1-16-10-6-9-13(11-16)19-15(17)14(18-2)12-7-4-3-5-8-12/h3-5,7-8,13-14H,6,9-11H2,1-2H3/t13-,14-/m0/s1. The van der Waals surface area contributed by atoms with Crippen molar-refractivity contribution in [2.75, 3.05) is 27.2 Å². The quantitative estimate of drug-likeness (QED) is 0.779. The number of ether oxygens (including phenoxy) is 2. The van der Waals surface area contributed by atoms with Gasteiger partial charge in [0.2, 0.25) is 0 Å². The lowest BCUT2D eigenvalue weighted by Crippen LogP contribution is -2.39. The average molecular weight is 263 g/mol. The summed E-state index contributed by atoms with van der Waals surface area (Å²) in [7, 11) is 3.58. The highest BCUT2D eigenvalue weighted by Gasteiger charge is 2.27. The Hall–Kier alpha value is -1.39. The largest absolute Gasteiger partial charge is 0.459 e. The zero-order chi connectivity index (χ0) is 13.7. The number of methoxy groups -OCH3 is 1. The lowest BCUT2D eigenvalue weighted by molar-refractivity contribution is -0.163. The molecule has 4 nitrogen and oxygen atoms in total. The second-order valence-corrected chi connectivity index (χ2v) is 4.99. The summed E-state index contributed by atoms with van der Waals surface area (Å²) in [6.07, 6.45) is 1.35. The number of esters is 1. The van der Waals surface area contributed by atoms with E-state index in [0.29, 0.717) is 0 Å². The Morgan fingerprint density at radius 1 is 1.37 bits per heavy atom. The number of likely N-dealkylation sites (N-methyl/N-ethyl adjacent to an activating group) is 1. The number of hydrogen-bond acceptors (Lipinski definition) is 4. The summed E-state index contributed by atoms with van der Waals surface area (Å²) in [6.45, 7) is 1.87. The molecule has 1 aliphatic heterocycles. The molecule has 2 rings (SSSR count). The number of likely N-dealkylation sites (tertiary alicyclic amines) is 1. The average Bonchev–Trinajstić information content (AvgIpc) is 2.41. The van der Waals surface area contributed by atoms with Gasteiger partial charge in [0.1, 0.15) is 6.10 Å². The summed E-state index contributed by atoms with van der Waals surface area (Å²) in [5.41, 5.74) is 0.833. The van der Waals surface area contributed by atoms with Crippen LogP contribution in [0.3, 0.4) is 0 Å². The van der Waals surface area contributed by atoms with Crippen LogP contribution in [0.2, 0.25) is 0 Å². The summed E-state index contributed by atoms with van der Waals surface area (Å²) in [5, 5.41) is 0. The van der Waals surface area contributed by atoms with Gasteiger partial charge in [0.05, 0.1) is 0 Å². The summed E-state index contributed by atoms with van der Waals surface area (Å²) in [4.78, 5) is 14.4. The summed E-state index contributed by atoms with van der Waals surface area (Å²) in [6, 6.07) is 9.45. The first kappa shape index (κ1) is 14.0. The van der Waals surface area contributed by atoms with Gasteiger partial charge in [-0.25, -0.2) is 4.79 Å². The van der Waals surface area contributed by atoms with Crippen molar-refractivity contribution >= 4 is 5.97 Å². The zero-order valence-corrected chi connectivity index (χ0v) is 11.5. The van der Waals surface area contributed by atoms with E-state index in [-0.39, 0.29) is 12.1 Å². The van der Waals surface area contributed by atoms with Crippen molar-refractivity contribution in [3.8, 4) is 0 Å². The molecule has 0 N–H and O–H groups in total. The van der Waals surface area contributed by atoms with E-state index in [1.165, 1.54) is 7.11 Å². The number of nitrogens with zero attached hydrogens (tertiary/aromatic N) is 1. The van der Waals surface area contributed by atoms with Gasteiger partial charge >= 0.3 is 5.97 Å². The third kappa shape index (κ3) is 3.78. The molecule has 0 bridgehead atoms. The van der Waals surface area contributed by atoms with E-state index in [0.717, 1.165) is 31.5 Å². The molecule has 1 saturated heterocycles. The first-order valence-corrected chi connectivity index (χ1v) is 6.67. The smallest absolute Gasteiger partial charge is 0.340 e. The molecule has 0 radical (unpaired) electrons. The molecule has 0 amide bonds. The Labute approximate surface area is 114 Å². The predicted octanol–water partition coefficient (Wildman–Crippen LogP) is 2.01. The maximum absolute atomic E-state index is 12.2. The third-order valence-electron chi connectivity index (χ3n) is 3.42. The van der Waals surface area contributed by atoms with Crippen molar-refractivity contribution in [3.63, 3.8) is 0 Å². The van der Waals surface area contributed by atoms with Crippen molar-refractivity contribution in [2.45, 2.75) is 25.0 Å². The van der Waals surface area contributed by atoms with Crippen molar-refractivity contribution in [1.29, 1.82) is 0 Å². The van der Waals surface area contributed by atoms with Crippen LogP contribution in [-0.2, 0) is 14.3 Å². The van der Waals surface area contributed by atoms with E-state index in [1.54, 1.807) is 0 Å². The first-order valence-electron chi connectivity index (χ1n) is 6.67. The SMILES string of the molecule is CO[C@H](C(=O)O[C@H]1CCCN(C)C1)c1ccccc1. The molecule has 0 spiro atoms. The lowest BCUT2D eigenvalue weighted by Gasteiger charge is -2.30. The van der Waals surface area contributed by atoms with Crippen LogP contribution >= 0.6 is 0 Å². The highest BCUT2D eigenvalue weighted by atomic mass is 16.6. The molecule has 104 valence electrons. The van der Waals surface area contributed by atoms with Crippen molar-refractivity contribution in [2.24, 2.45) is 0 Å². The normalized spacial score (nSPS) is 21.9. The molecule has 4 heteroatoms. The Balaban J connectivity index is 1.97. The minimum absolute atomic E-state index is 0.0207. The van der Waals surface area contributed by atoms with E-state index in [4.69, 9.17) is 9.47 Å². The van der Waals surface area contributed by atoms with E-state index in [2.05, 4.69) is 4.90 Å². The molecule has 19 heavy (non-hydrogen) atoms. The Bertz CT molecular complexity index is 407. The number of benzene rings is 1. The third-order valence-corrected chi connectivity index (χ3v) is 3.42. The molecule has 1 aromatic carbocycles. The summed E-state index contributed by atoms with van der Waals surface area (Å²) < 4.78 is 10.8. The molecule has 0 aromatic heterocycles. The minimum atomic E-state index is -0.631. The Kier molecular flexibility index (Phi) is 4.93. The molecule has 1 aliphatic rings. The number of piperidine rings is 1. The van der Waals surface area contributed by atoms with Gasteiger partial charge in [0.15, 0.2) is 6.10 Å². The van der Waals surface area contributed by atoms with Crippen molar-refractivity contribution in [3.05, 3.63) is 35.9 Å². The van der Waals surface area contributed by atoms with Crippen molar-refractivity contribution in [1.82, 2.24) is 4.90 Å². The van der Waals surface area contributed by atoms with Gasteiger partial charge in [0, 0.05) is 13.7 Å². The molecule has 1 aromatic rings. The van der Waals surface area contributed by atoms with Crippen molar-refractivity contribution < 1.29 is 14.3 Å². The van der Waals surface area contributed by atoms with E-state index in [1.807, 2.05) is 37.4 Å². The van der Waals surface area contributed by atoms with Crippen LogP contribution in [0.4, 0.5) is 0 Å².